The molecule has 0 saturated heterocycles. The predicted molar refractivity (Wildman–Crippen MR) is 114 cm³/mol. The molecule has 1 atom stereocenters. The van der Waals surface area contributed by atoms with Crippen LogP contribution >= 0.6 is 0 Å². The van der Waals surface area contributed by atoms with Crippen molar-refractivity contribution in [2.45, 2.75) is 25.3 Å². The number of nitriles is 1. The zero-order valence-corrected chi connectivity index (χ0v) is 17.3. The van der Waals surface area contributed by atoms with E-state index in [0.29, 0.717) is 17.1 Å². The van der Waals surface area contributed by atoms with Gasteiger partial charge in [0, 0.05) is 6.08 Å². The molecule has 3 rings (SSSR count). The van der Waals surface area contributed by atoms with E-state index < -0.39 is 5.97 Å². The van der Waals surface area contributed by atoms with Crippen molar-refractivity contribution in [2.75, 3.05) is 20.3 Å². The molecule has 7 heteroatoms. The van der Waals surface area contributed by atoms with Crippen LogP contribution in [0.15, 0.2) is 48.5 Å². The minimum atomic E-state index is -0.622. The minimum Gasteiger partial charge on any atom is -0.493 e. The number of nitrogens with zero attached hydrogens (tertiary/aromatic N) is 1. The van der Waals surface area contributed by atoms with Gasteiger partial charge in [-0.1, -0.05) is 30.3 Å². The molecule has 1 aliphatic rings. The summed E-state index contributed by atoms with van der Waals surface area (Å²) in [6, 6.07) is 14.9. The highest BCUT2D eigenvalue weighted by atomic mass is 16.5. The van der Waals surface area contributed by atoms with Gasteiger partial charge in [0.25, 0.3) is 5.91 Å². The third-order valence-corrected chi connectivity index (χ3v) is 4.94. The van der Waals surface area contributed by atoms with Gasteiger partial charge in [0.15, 0.2) is 24.7 Å². The number of rotatable bonds is 8. The number of esters is 1. The van der Waals surface area contributed by atoms with Crippen molar-refractivity contribution in [3.8, 4) is 17.6 Å². The Morgan fingerprint density at radius 3 is 2.87 bits per heavy atom. The van der Waals surface area contributed by atoms with E-state index in [4.69, 9.17) is 19.5 Å². The zero-order chi connectivity index (χ0) is 22.1. The Morgan fingerprint density at radius 2 is 2.06 bits per heavy atom. The number of fused-ring (bicyclic) bond motifs is 1. The van der Waals surface area contributed by atoms with Gasteiger partial charge in [-0.3, -0.25) is 4.79 Å². The van der Waals surface area contributed by atoms with Crippen molar-refractivity contribution < 1.29 is 23.8 Å². The summed E-state index contributed by atoms with van der Waals surface area (Å²) < 4.78 is 15.5. The lowest BCUT2D eigenvalue weighted by Crippen LogP contribution is -2.34. The van der Waals surface area contributed by atoms with Crippen LogP contribution in [-0.4, -0.2) is 32.2 Å². The highest BCUT2D eigenvalue weighted by molar-refractivity contribution is 5.89. The Labute approximate surface area is 181 Å². The van der Waals surface area contributed by atoms with Crippen LogP contribution in [0.25, 0.3) is 6.08 Å². The van der Waals surface area contributed by atoms with Gasteiger partial charge in [0.1, 0.15) is 6.07 Å². The molecule has 0 unspecified atom stereocenters. The minimum absolute atomic E-state index is 0.0547. The summed E-state index contributed by atoms with van der Waals surface area (Å²) in [4.78, 5) is 24.2. The Hall–Kier alpha value is -3.79. The second-order valence-corrected chi connectivity index (χ2v) is 7.01. The summed E-state index contributed by atoms with van der Waals surface area (Å²) in [7, 11) is 1.49. The van der Waals surface area contributed by atoms with Gasteiger partial charge in [0.05, 0.1) is 13.2 Å². The lowest BCUT2D eigenvalue weighted by atomic mass is 9.88. The summed E-state index contributed by atoms with van der Waals surface area (Å²) in [5, 5.41) is 11.6. The number of benzene rings is 2. The molecule has 0 heterocycles. The Kier molecular flexibility index (Phi) is 7.66. The molecule has 1 amide bonds. The first kappa shape index (κ1) is 21.9. The van der Waals surface area contributed by atoms with Gasteiger partial charge >= 0.3 is 5.97 Å². The van der Waals surface area contributed by atoms with Crippen molar-refractivity contribution in [3.63, 3.8) is 0 Å². The van der Waals surface area contributed by atoms with E-state index in [0.717, 1.165) is 24.8 Å². The number of nitrogens with one attached hydrogen (secondary N) is 1. The number of hydrogen-bond donors (Lipinski definition) is 1. The van der Waals surface area contributed by atoms with Crippen LogP contribution in [0.1, 0.15) is 35.6 Å². The number of amides is 1. The summed E-state index contributed by atoms with van der Waals surface area (Å²) in [5.41, 5.74) is 3.06. The van der Waals surface area contributed by atoms with Crippen LogP contribution in [0.5, 0.6) is 11.5 Å². The number of carbonyl (C=O) groups excluding carboxylic acids is 2. The third kappa shape index (κ3) is 6.09. The Morgan fingerprint density at radius 1 is 1.23 bits per heavy atom. The quantitative estimate of drug-likeness (QED) is 0.520. The first-order valence-electron chi connectivity index (χ1n) is 10.0. The first-order chi connectivity index (χ1) is 15.1. The van der Waals surface area contributed by atoms with Crippen molar-refractivity contribution in [1.29, 1.82) is 5.26 Å². The molecule has 0 spiro atoms. The lowest BCUT2D eigenvalue weighted by molar-refractivity contribution is -0.144. The van der Waals surface area contributed by atoms with Crippen LogP contribution < -0.4 is 14.8 Å². The predicted octanol–water partition coefficient (Wildman–Crippen LogP) is 3.35. The smallest absolute Gasteiger partial charge is 0.331 e. The van der Waals surface area contributed by atoms with Gasteiger partial charge < -0.3 is 19.5 Å². The SMILES string of the molecule is COc1cc(/C=C/C(=O)OCC(=O)N[C@@H]2CCCc3ccccc32)ccc1OCC#N. The fourth-order valence-electron chi connectivity index (χ4n) is 3.51. The molecule has 2 aromatic carbocycles. The van der Waals surface area contributed by atoms with E-state index in [1.807, 2.05) is 24.3 Å². The van der Waals surface area contributed by atoms with Crippen molar-refractivity contribution >= 4 is 18.0 Å². The standard InChI is InChI=1S/C24H24N2O5/c1-29-22-15-17(9-11-21(22)30-14-13-25)10-12-24(28)31-16-23(27)26-20-8-4-6-18-5-2-3-7-19(18)20/h2-3,5,7,9-12,15,20H,4,6,8,14,16H2,1H3,(H,26,27)/b12-10+/t20-/m1/s1. The molecule has 31 heavy (non-hydrogen) atoms. The molecule has 0 aliphatic heterocycles. The summed E-state index contributed by atoms with van der Waals surface area (Å²) in [5.74, 6) is -0.0743. The van der Waals surface area contributed by atoms with Crippen LogP contribution in [0.2, 0.25) is 0 Å². The van der Waals surface area contributed by atoms with Crippen molar-refractivity contribution in [3.05, 3.63) is 65.2 Å². The second-order valence-electron chi connectivity index (χ2n) is 7.01. The van der Waals surface area contributed by atoms with Gasteiger partial charge in [0.2, 0.25) is 0 Å². The highest BCUT2D eigenvalue weighted by Crippen LogP contribution is 2.29. The van der Waals surface area contributed by atoms with E-state index >= 15 is 0 Å². The van der Waals surface area contributed by atoms with Crippen LogP contribution in [0, 0.1) is 11.3 Å². The zero-order valence-electron chi connectivity index (χ0n) is 17.3. The van der Waals surface area contributed by atoms with E-state index in [2.05, 4.69) is 11.4 Å². The topological polar surface area (TPSA) is 97.7 Å². The maximum absolute atomic E-state index is 12.2. The maximum Gasteiger partial charge on any atom is 0.331 e. The molecule has 0 saturated carbocycles. The molecule has 0 bridgehead atoms. The molecular weight excluding hydrogens is 396 g/mol. The van der Waals surface area contributed by atoms with Gasteiger partial charge in [-0.2, -0.15) is 5.26 Å². The monoisotopic (exact) mass is 420 g/mol. The lowest BCUT2D eigenvalue weighted by Gasteiger charge is -2.26. The van der Waals surface area contributed by atoms with Crippen LogP contribution in [0.3, 0.4) is 0 Å². The summed E-state index contributed by atoms with van der Waals surface area (Å²) >= 11 is 0. The number of carbonyl (C=O) groups is 2. The molecule has 160 valence electrons. The average Bonchev–Trinajstić information content (AvgIpc) is 2.80. The number of aryl methyl sites for hydroxylation is 1. The molecule has 2 aromatic rings. The fraction of sp³-hybridized carbons (Fsp3) is 0.292. The van der Waals surface area contributed by atoms with Gasteiger partial charge in [-0.25, -0.2) is 4.79 Å². The molecule has 1 aliphatic carbocycles. The van der Waals surface area contributed by atoms with E-state index in [1.165, 1.54) is 18.7 Å². The van der Waals surface area contributed by atoms with E-state index in [-0.39, 0.29) is 25.2 Å². The van der Waals surface area contributed by atoms with Crippen LogP contribution in [0.4, 0.5) is 0 Å². The highest BCUT2D eigenvalue weighted by Gasteiger charge is 2.21. The Bertz CT molecular complexity index is 1010. The molecule has 7 nitrogen and oxygen atoms in total. The molecular formula is C24H24N2O5. The largest absolute Gasteiger partial charge is 0.493 e. The number of hydrogen-bond acceptors (Lipinski definition) is 6. The van der Waals surface area contributed by atoms with Crippen molar-refractivity contribution in [1.82, 2.24) is 5.32 Å². The molecule has 0 radical (unpaired) electrons. The number of ether oxygens (including phenoxy) is 3. The van der Waals surface area contributed by atoms with Gasteiger partial charge in [-0.15, -0.1) is 0 Å². The van der Waals surface area contributed by atoms with E-state index in [9.17, 15) is 9.59 Å². The van der Waals surface area contributed by atoms with Crippen molar-refractivity contribution in [2.24, 2.45) is 0 Å². The average molecular weight is 420 g/mol. The normalized spacial score (nSPS) is 14.9. The molecule has 0 fully saturated rings. The van der Waals surface area contributed by atoms with Crippen LogP contribution in [-0.2, 0) is 20.7 Å². The first-order valence-corrected chi connectivity index (χ1v) is 10.0. The second kappa shape index (κ2) is 10.8. The Balaban J connectivity index is 1.50. The van der Waals surface area contributed by atoms with Gasteiger partial charge in [-0.05, 0) is 54.2 Å². The number of methoxy groups -OCH3 is 1. The fourth-order valence-corrected chi connectivity index (χ4v) is 3.51. The molecule has 1 N–H and O–H groups in total. The third-order valence-electron chi connectivity index (χ3n) is 4.94. The maximum atomic E-state index is 12.2. The van der Waals surface area contributed by atoms with E-state index in [1.54, 1.807) is 24.3 Å². The summed E-state index contributed by atoms with van der Waals surface area (Å²) in [6.45, 7) is -0.432. The molecule has 0 aromatic heterocycles. The summed E-state index contributed by atoms with van der Waals surface area (Å²) in [6.07, 6.45) is 5.68.